The van der Waals surface area contributed by atoms with Crippen LogP contribution in [-0.4, -0.2) is 11.8 Å². The SMILES string of the molecule is CC(C)(C)c1ccc(C(=C(C=O)SC(F)(F)F)c2ccc(C(C)(C)C)cc2)cc1. The van der Waals surface area contributed by atoms with Gasteiger partial charge in [-0.05, 0) is 44.8 Å². The zero-order valence-electron chi connectivity index (χ0n) is 17.6. The largest absolute Gasteiger partial charge is 0.446 e. The fourth-order valence-corrected chi connectivity index (χ4v) is 3.62. The number of thioether (sulfide) groups is 1. The molecule has 0 unspecified atom stereocenters. The van der Waals surface area contributed by atoms with Gasteiger partial charge in [0.15, 0.2) is 6.29 Å². The molecule has 2 aromatic rings. The molecule has 2 aromatic carbocycles. The molecular formula is C24H27F3OS. The lowest BCUT2D eigenvalue weighted by atomic mass is 9.84. The highest BCUT2D eigenvalue weighted by atomic mass is 32.2. The molecule has 0 N–H and O–H groups in total. The smallest absolute Gasteiger partial charge is 0.297 e. The van der Waals surface area contributed by atoms with E-state index in [0.29, 0.717) is 23.0 Å². The van der Waals surface area contributed by atoms with Crippen LogP contribution in [0.1, 0.15) is 63.8 Å². The molecule has 1 nitrogen and oxygen atoms in total. The van der Waals surface area contributed by atoms with E-state index in [2.05, 4.69) is 41.5 Å². The molecule has 0 heterocycles. The maximum atomic E-state index is 13.1. The normalized spacial score (nSPS) is 12.6. The summed E-state index contributed by atoms with van der Waals surface area (Å²) in [5.74, 6) is 0. The summed E-state index contributed by atoms with van der Waals surface area (Å²) in [6.07, 6.45) is 0.294. The number of benzene rings is 2. The summed E-state index contributed by atoms with van der Waals surface area (Å²) >= 11 is -0.369. The molecule has 5 heteroatoms. The van der Waals surface area contributed by atoms with Gasteiger partial charge in [-0.1, -0.05) is 90.1 Å². The number of aldehydes is 1. The lowest BCUT2D eigenvalue weighted by molar-refractivity contribution is -0.104. The molecule has 0 aromatic heterocycles. The second-order valence-corrected chi connectivity index (χ2v) is 10.2. The molecule has 0 aliphatic rings. The summed E-state index contributed by atoms with van der Waals surface area (Å²) in [7, 11) is 0. The summed E-state index contributed by atoms with van der Waals surface area (Å²) < 4.78 is 39.3. The molecule has 156 valence electrons. The van der Waals surface area contributed by atoms with Crippen LogP contribution in [0.25, 0.3) is 5.57 Å². The molecule has 0 fully saturated rings. The second kappa shape index (κ2) is 8.39. The van der Waals surface area contributed by atoms with E-state index >= 15 is 0 Å². The lowest BCUT2D eigenvalue weighted by Crippen LogP contribution is -2.11. The van der Waals surface area contributed by atoms with Crippen LogP contribution in [0.3, 0.4) is 0 Å². The van der Waals surface area contributed by atoms with Crippen LogP contribution in [-0.2, 0) is 15.6 Å². The lowest BCUT2D eigenvalue weighted by Gasteiger charge is -2.21. The van der Waals surface area contributed by atoms with Gasteiger partial charge in [-0.15, -0.1) is 0 Å². The number of hydrogen-bond donors (Lipinski definition) is 0. The Hall–Kier alpha value is -2.01. The van der Waals surface area contributed by atoms with Crippen LogP contribution in [0.2, 0.25) is 0 Å². The Morgan fingerprint density at radius 1 is 0.724 bits per heavy atom. The molecule has 0 spiro atoms. The quantitative estimate of drug-likeness (QED) is 0.376. The molecule has 29 heavy (non-hydrogen) atoms. The zero-order valence-corrected chi connectivity index (χ0v) is 18.5. The minimum absolute atomic E-state index is 0.0784. The summed E-state index contributed by atoms with van der Waals surface area (Å²) in [5.41, 5.74) is -1.10. The second-order valence-electron chi connectivity index (χ2n) is 9.06. The number of rotatable bonds is 4. The van der Waals surface area contributed by atoms with Crippen molar-refractivity contribution in [2.75, 3.05) is 0 Å². The molecule has 0 aliphatic carbocycles. The predicted octanol–water partition coefficient (Wildman–Crippen LogP) is 7.49. The number of carbonyl (C=O) groups excluding carboxylic acids is 1. The van der Waals surface area contributed by atoms with Gasteiger partial charge in [-0.25, -0.2) is 0 Å². The molecule has 0 aliphatic heterocycles. The summed E-state index contributed by atoms with van der Waals surface area (Å²) in [4.78, 5) is 11.3. The van der Waals surface area contributed by atoms with E-state index in [1.165, 1.54) is 0 Å². The van der Waals surface area contributed by atoms with E-state index in [1.807, 2.05) is 24.3 Å². The van der Waals surface area contributed by atoms with Crippen molar-refractivity contribution in [3.8, 4) is 0 Å². The molecule has 0 bridgehead atoms. The molecule has 0 saturated heterocycles. The standard InChI is InChI=1S/C24H27F3OS/c1-22(2,3)18-11-7-16(8-12-18)21(20(15-28)29-24(25,26)27)17-9-13-19(14-10-17)23(4,5)6/h7-15H,1-6H3. The van der Waals surface area contributed by atoms with E-state index in [9.17, 15) is 18.0 Å². The van der Waals surface area contributed by atoms with Gasteiger partial charge in [-0.3, -0.25) is 4.79 Å². The van der Waals surface area contributed by atoms with E-state index < -0.39 is 5.51 Å². The first-order valence-electron chi connectivity index (χ1n) is 9.39. The predicted molar refractivity (Wildman–Crippen MR) is 116 cm³/mol. The number of carbonyl (C=O) groups is 1. The van der Waals surface area contributed by atoms with Crippen LogP contribution in [0.15, 0.2) is 53.4 Å². The van der Waals surface area contributed by atoms with Crippen LogP contribution in [0, 0.1) is 0 Å². The van der Waals surface area contributed by atoms with Crippen molar-refractivity contribution in [2.45, 2.75) is 57.9 Å². The van der Waals surface area contributed by atoms with Crippen LogP contribution in [0.4, 0.5) is 13.2 Å². The number of hydrogen-bond acceptors (Lipinski definition) is 2. The number of allylic oxidation sites excluding steroid dienone is 1. The topological polar surface area (TPSA) is 17.1 Å². The maximum Gasteiger partial charge on any atom is 0.446 e. The van der Waals surface area contributed by atoms with Crippen molar-refractivity contribution < 1.29 is 18.0 Å². The monoisotopic (exact) mass is 420 g/mol. The maximum absolute atomic E-state index is 13.1. The van der Waals surface area contributed by atoms with Crippen molar-refractivity contribution in [1.82, 2.24) is 0 Å². The molecule has 0 saturated carbocycles. The van der Waals surface area contributed by atoms with Gasteiger partial charge in [0.2, 0.25) is 0 Å². The van der Waals surface area contributed by atoms with E-state index in [0.717, 1.165) is 11.1 Å². The molecular weight excluding hydrogens is 393 g/mol. The average molecular weight is 421 g/mol. The van der Waals surface area contributed by atoms with Gasteiger partial charge in [0.05, 0.1) is 4.91 Å². The first-order chi connectivity index (χ1) is 13.2. The molecule has 0 radical (unpaired) electrons. The van der Waals surface area contributed by atoms with E-state index in [4.69, 9.17) is 0 Å². The van der Waals surface area contributed by atoms with Crippen molar-refractivity contribution in [1.29, 1.82) is 0 Å². The highest BCUT2D eigenvalue weighted by Gasteiger charge is 2.32. The third-order valence-electron chi connectivity index (χ3n) is 4.66. The van der Waals surface area contributed by atoms with Gasteiger partial charge in [-0.2, -0.15) is 13.2 Å². The third kappa shape index (κ3) is 6.23. The minimum atomic E-state index is -4.54. The van der Waals surface area contributed by atoms with Crippen LogP contribution < -0.4 is 0 Å². The Balaban J connectivity index is 2.65. The van der Waals surface area contributed by atoms with Gasteiger partial charge >= 0.3 is 5.51 Å². The Bertz CT molecular complexity index is 819. The van der Waals surface area contributed by atoms with Gasteiger partial charge in [0, 0.05) is 5.57 Å². The Morgan fingerprint density at radius 3 is 1.31 bits per heavy atom. The molecule has 0 atom stereocenters. The molecule has 2 rings (SSSR count). The van der Waals surface area contributed by atoms with Gasteiger partial charge in [0.25, 0.3) is 0 Å². The highest BCUT2D eigenvalue weighted by Crippen LogP contribution is 2.41. The van der Waals surface area contributed by atoms with Gasteiger partial charge in [0.1, 0.15) is 0 Å². The summed E-state index contributed by atoms with van der Waals surface area (Å²) in [5, 5.41) is 0. The molecule has 0 amide bonds. The highest BCUT2D eigenvalue weighted by molar-refractivity contribution is 8.04. The van der Waals surface area contributed by atoms with Crippen LogP contribution >= 0.6 is 11.8 Å². The Kier molecular flexibility index (Phi) is 6.73. The van der Waals surface area contributed by atoms with Crippen molar-refractivity contribution in [2.24, 2.45) is 0 Å². The van der Waals surface area contributed by atoms with Crippen molar-refractivity contribution in [3.63, 3.8) is 0 Å². The fraction of sp³-hybridized carbons (Fsp3) is 0.375. The Morgan fingerprint density at radius 2 is 1.07 bits per heavy atom. The number of alkyl halides is 3. The van der Waals surface area contributed by atoms with Crippen molar-refractivity contribution in [3.05, 3.63) is 75.7 Å². The van der Waals surface area contributed by atoms with Crippen molar-refractivity contribution >= 4 is 23.6 Å². The summed E-state index contributed by atoms with van der Waals surface area (Å²) in [6.45, 7) is 12.4. The van der Waals surface area contributed by atoms with E-state index in [-0.39, 0.29) is 27.5 Å². The fourth-order valence-electron chi connectivity index (χ4n) is 2.98. The first kappa shape index (κ1) is 23.3. The minimum Gasteiger partial charge on any atom is -0.297 e. The van der Waals surface area contributed by atoms with Gasteiger partial charge < -0.3 is 0 Å². The first-order valence-corrected chi connectivity index (χ1v) is 10.2. The average Bonchev–Trinajstić information content (AvgIpc) is 2.59. The van der Waals surface area contributed by atoms with Crippen LogP contribution in [0.5, 0.6) is 0 Å². The Labute approximate surface area is 175 Å². The zero-order chi connectivity index (χ0) is 22.0. The van der Waals surface area contributed by atoms with E-state index in [1.54, 1.807) is 24.3 Å². The third-order valence-corrected chi connectivity index (χ3v) is 5.41. The summed E-state index contributed by atoms with van der Waals surface area (Å²) in [6, 6.07) is 14.8. The number of halogens is 3.